The van der Waals surface area contributed by atoms with Gasteiger partial charge in [-0.2, -0.15) is 0 Å². The van der Waals surface area contributed by atoms with E-state index in [1.54, 1.807) is 0 Å². The molecule has 0 unspecified atom stereocenters. The van der Waals surface area contributed by atoms with Gasteiger partial charge < -0.3 is 4.42 Å². The van der Waals surface area contributed by atoms with Gasteiger partial charge in [0.25, 0.3) is 0 Å². The Kier molecular flexibility index (Phi) is 7.33. The smallest absolute Gasteiger partial charge is 0.164 e. The molecule has 270 valence electrons. The van der Waals surface area contributed by atoms with Gasteiger partial charge >= 0.3 is 0 Å². The number of fused-ring (bicyclic) bond motifs is 10. The van der Waals surface area contributed by atoms with E-state index in [0.717, 1.165) is 66.5 Å². The summed E-state index contributed by atoms with van der Waals surface area (Å²) in [6.07, 6.45) is 0. The highest BCUT2D eigenvalue weighted by atomic mass is 32.1. The highest BCUT2D eigenvalue weighted by molar-refractivity contribution is 7.26. The van der Waals surface area contributed by atoms with Crippen LogP contribution in [0, 0.1) is 0 Å². The van der Waals surface area contributed by atoms with Crippen LogP contribution in [-0.4, -0.2) is 19.9 Å². The van der Waals surface area contributed by atoms with E-state index >= 15 is 0 Å². The van der Waals surface area contributed by atoms with Crippen molar-refractivity contribution in [2.75, 3.05) is 0 Å². The summed E-state index contributed by atoms with van der Waals surface area (Å²) in [5.74, 6) is 1.82. The number of benzene rings is 8. The van der Waals surface area contributed by atoms with Gasteiger partial charge in [0.2, 0.25) is 0 Å². The number of aromatic nitrogens is 4. The maximum Gasteiger partial charge on any atom is 0.164 e. The monoisotopic (exact) mass is 758 g/mol. The SMILES string of the molecule is c1ccc(-c2nc(-c3cccc(-c4ccc5sc6c(ccc7c(-c8ccccc8)nc8ccccc8c76)c5c4)c3)nc(-c3ccc4c(c3)oc3ccccc34)n2)cc1. The first-order valence-electron chi connectivity index (χ1n) is 19.3. The maximum atomic E-state index is 6.25. The van der Waals surface area contributed by atoms with Gasteiger partial charge in [-0.1, -0.05) is 140 Å². The molecule has 0 aliphatic rings. The molecule has 0 saturated heterocycles. The molecule has 0 spiro atoms. The summed E-state index contributed by atoms with van der Waals surface area (Å²) in [6, 6.07) is 63.3. The van der Waals surface area contributed by atoms with E-state index < -0.39 is 0 Å². The molecule has 0 atom stereocenters. The van der Waals surface area contributed by atoms with Gasteiger partial charge in [0.15, 0.2) is 17.5 Å². The number of para-hydroxylation sites is 2. The molecule has 8 aromatic carbocycles. The fraction of sp³-hybridized carbons (Fsp3) is 0. The quantitative estimate of drug-likeness (QED) is 0.164. The first-order chi connectivity index (χ1) is 28.7. The number of hydrogen-bond donors (Lipinski definition) is 0. The van der Waals surface area contributed by atoms with Crippen molar-refractivity contribution in [2.45, 2.75) is 0 Å². The minimum Gasteiger partial charge on any atom is -0.456 e. The van der Waals surface area contributed by atoms with E-state index in [4.69, 9.17) is 24.4 Å². The minimum absolute atomic E-state index is 0.591. The van der Waals surface area contributed by atoms with Crippen LogP contribution in [0.25, 0.3) is 120 Å². The molecule has 0 aliphatic heterocycles. The zero-order chi connectivity index (χ0) is 38.2. The molecule has 4 heterocycles. The molecular weight excluding hydrogens is 729 g/mol. The third kappa shape index (κ3) is 5.30. The average molecular weight is 759 g/mol. The van der Waals surface area contributed by atoms with Crippen LogP contribution in [0.4, 0.5) is 0 Å². The Morgan fingerprint density at radius 1 is 0.345 bits per heavy atom. The Balaban J connectivity index is 0.992. The average Bonchev–Trinajstić information content (AvgIpc) is 3.87. The number of furan rings is 1. The molecule has 12 aromatic rings. The van der Waals surface area contributed by atoms with E-state index in [0.29, 0.717) is 17.5 Å². The van der Waals surface area contributed by atoms with Crippen molar-refractivity contribution in [1.82, 2.24) is 19.9 Å². The van der Waals surface area contributed by atoms with E-state index in [-0.39, 0.29) is 0 Å². The first kappa shape index (κ1) is 32.7. The predicted molar refractivity (Wildman–Crippen MR) is 240 cm³/mol. The zero-order valence-corrected chi connectivity index (χ0v) is 31.7. The largest absolute Gasteiger partial charge is 0.456 e. The van der Waals surface area contributed by atoms with Crippen molar-refractivity contribution in [3.05, 3.63) is 182 Å². The van der Waals surface area contributed by atoms with E-state index in [9.17, 15) is 0 Å². The lowest BCUT2D eigenvalue weighted by atomic mass is 9.97. The lowest BCUT2D eigenvalue weighted by Gasteiger charge is -2.11. The molecule has 0 saturated carbocycles. The lowest BCUT2D eigenvalue weighted by Crippen LogP contribution is -2.00. The van der Waals surface area contributed by atoms with Crippen LogP contribution in [0.1, 0.15) is 0 Å². The molecule has 4 aromatic heterocycles. The predicted octanol–water partition coefficient (Wildman–Crippen LogP) is 14.2. The summed E-state index contributed by atoms with van der Waals surface area (Å²) in [5.41, 5.74) is 9.72. The molecular formula is C52H30N4OS. The van der Waals surface area contributed by atoms with Crippen LogP contribution in [0.2, 0.25) is 0 Å². The minimum atomic E-state index is 0.591. The fourth-order valence-electron chi connectivity index (χ4n) is 8.32. The lowest BCUT2D eigenvalue weighted by molar-refractivity contribution is 0.669. The molecule has 0 aliphatic carbocycles. The Morgan fingerprint density at radius 3 is 1.76 bits per heavy atom. The Hall–Kier alpha value is -7.54. The van der Waals surface area contributed by atoms with Crippen LogP contribution in [0.3, 0.4) is 0 Å². The van der Waals surface area contributed by atoms with Crippen LogP contribution < -0.4 is 0 Å². The molecule has 0 N–H and O–H groups in total. The summed E-state index contributed by atoms with van der Waals surface area (Å²) in [5, 5.41) is 8.24. The summed E-state index contributed by atoms with van der Waals surface area (Å²) in [4.78, 5) is 20.3. The van der Waals surface area contributed by atoms with Gasteiger partial charge in [0, 0.05) is 69.4 Å². The molecule has 0 fully saturated rings. The van der Waals surface area contributed by atoms with Gasteiger partial charge in [-0.25, -0.2) is 19.9 Å². The molecule has 6 heteroatoms. The van der Waals surface area contributed by atoms with Crippen LogP contribution in [0.15, 0.2) is 186 Å². The topological polar surface area (TPSA) is 64.7 Å². The van der Waals surface area contributed by atoms with E-state index in [2.05, 4.69) is 127 Å². The second-order valence-electron chi connectivity index (χ2n) is 14.6. The highest BCUT2D eigenvalue weighted by Crippen LogP contribution is 2.44. The molecule has 58 heavy (non-hydrogen) atoms. The fourth-order valence-corrected chi connectivity index (χ4v) is 9.56. The van der Waals surface area contributed by atoms with Gasteiger partial charge in [0.1, 0.15) is 11.2 Å². The Labute approximate surface area is 336 Å². The third-order valence-electron chi connectivity index (χ3n) is 11.1. The summed E-state index contributed by atoms with van der Waals surface area (Å²) in [6.45, 7) is 0. The summed E-state index contributed by atoms with van der Waals surface area (Å²) >= 11 is 1.85. The van der Waals surface area contributed by atoms with Gasteiger partial charge in [0.05, 0.1) is 11.2 Å². The Bertz CT molecular complexity index is 3570. The van der Waals surface area contributed by atoms with Crippen LogP contribution in [0.5, 0.6) is 0 Å². The van der Waals surface area contributed by atoms with Gasteiger partial charge in [-0.15, -0.1) is 11.3 Å². The second-order valence-corrected chi connectivity index (χ2v) is 15.6. The summed E-state index contributed by atoms with van der Waals surface area (Å²) < 4.78 is 8.78. The zero-order valence-electron chi connectivity index (χ0n) is 30.9. The normalized spacial score (nSPS) is 11.8. The van der Waals surface area contributed by atoms with Crippen molar-refractivity contribution in [2.24, 2.45) is 0 Å². The maximum absolute atomic E-state index is 6.25. The molecule has 0 radical (unpaired) electrons. The number of thiophene rings is 1. The van der Waals surface area contributed by atoms with Crippen molar-refractivity contribution < 1.29 is 4.42 Å². The van der Waals surface area contributed by atoms with Crippen molar-refractivity contribution in [3.63, 3.8) is 0 Å². The van der Waals surface area contributed by atoms with Crippen molar-refractivity contribution in [1.29, 1.82) is 0 Å². The Morgan fingerprint density at radius 2 is 0.931 bits per heavy atom. The van der Waals surface area contributed by atoms with Crippen LogP contribution >= 0.6 is 11.3 Å². The number of pyridine rings is 1. The van der Waals surface area contributed by atoms with Gasteiger partial charge in [-0.3, -0.25) is 0 Å². The van der Waals surface area contributed by atoms with Crippen molar-refractivity contribution in [3.8, 4) is 56.5 Å². The molecule has 0 amide bonds. The number of nitrogens with zero attached hydrogens (tertiary/aromatic N) is 4. The number of rotatable bonds is 5. The second kappa shape index (κ2) is 13.0. The summed E-state index contributed by atoms with van der Waals surface area (Å²) in [7, 11) is 0. The third-order valence-corrected chi connectivity index (χ3v) is 12.3. The molecule has 5 nitrogen and oxygen atoms in total. The van der Waals surface area contributed by atoms with E-state index in [1.807, 2.05) is 65.9 Å². The first-order valence-corrected chi connectivity index (χ1v) is 20.1. The standard InChI is InChI=1S/C52H30N4OS/c1-3-12-31(13-4-1)48-41-26-25-39-42-29-34(23-27-46(42)58-49(39)47(41)40-19-7-9-20-43(40)53-48)33-16-11-17-35(28-33)51-54-50(32-14-5-2-6-15-32)55-52(56-51)36-22-24-38-37-18-8-10-21-44(37)57-45(38)30-36/h1-30H. The van der Waals surface area contributed by atoms with E-state index in [1.165, 1.54) is 36.3 Å². The molecule has 12 rings (SSSR count). The highest BCUT2D eigenvalue weighted by Gasteiger charge is 2.18. The van der Waals surface area contributed by atoms with Crippen LogP contribution in [-0.2, 0) is 0 Å². The number of hydrogen-bond acceptors (Lipinski definition) is 6. The molecule has 0 bridgehead atoms. The van der Waals surface area contributed by atoms with Crippen molar-refractivity contribution >= 4 is 75.1 Å². The van der Waals surface area contributed by atoms with Gasteiger partial charge in [-0.05, 0) is 53.6 Å².